The van der Waals surface area contributed by atoms with Crippen LogP contribution in [0.1, 0.15) is 30.6 Å². The molecular formula is C16H23N3O5. The number of ether oxygens (including phenoxy) is 2. The molecular weight excluding hydrogens is 314 g/mol. The van der Waals surface area contributed by atoms with Crippen LogP contribution in [-0.2, 0) is 4.74 Å². The Morgan fingerprint density at radius 1 is 1.38 bits per heavy atom. The highest BCUT2D eigenvalue weighted by Crippen LogP contribution is 2.35. The van der Waals surface area contributed by atoms with Crippen molar-refractivity contribution in [3.05, 3.63) is 27.8 Å². The summed E-state index contributed by atoms with van der Waals surface area (Å²) in [5.74, 6) is -0.520. The number of esters is 1. The first kappa shape index (κ1) is 19.6. The van der Waals surface area contributed by atoms with Crippen LogP contribution in [0.25, 0.3) is 0 Å². The number of methoxy groups -OCH3 is 1. The van der Waals surface area contributed by atoms with E-state index in [4.69, 9.17) is 4.74 Å². The standard InChI is InChI=1S/C16H23N3O5/c1-6-24-15-10-14(19(21)22)12(16(20)23-5)9-13(15)17-11(2)7-8-18(3)4/h9-10H,6-8H2,1-5H3. The Labute approximate surface area is 141 Å². The van der Waals surface area contributed by atoms with Gasteiger partial charge in [0.05, 0.1) is 24.7 Å². The highest BCUT2D eigenvalue weighted by Gasteiger charge is 2.24. The third kappa shape index (κ3) is 5.31. The summed E-state index contributed by atoms with van der Waals surface area (Å²) >= 11 is 0. The van der Waals surface area contributed by atoms with Crippen molar-refractivity contribution in [1.82, 2.24) is 4.90 Å². The molecule has 24 heavy (non-hydrogen) atoms. The molecule has 0 aliphatic heterocycles. The lowest BCUT2D eigenvalue weighted by atomic mass is 10.1. The predicted octanol–water partition coefficient (Wildman–Crippen LogP) is 2.82. The molecule has 0 fully saturated rings. The molecule has 0 heterocycles. The average Bonchev–Trinajstić information content (AvgIpc) is 2.53. The number of hydrogen-bond acceptors (Lipinski definition) is 7. The molecule has 0 aromatic heterocycles. The van der Waals surface area contributed by atoms with E-state index in [0.29, 0.717) is 12.3 Å². The molecule has 0 saturated heterocycles. The lowest BCUT2D eigenvalue weighted by Crippen LogP contribution is -2.15. The van der Waals surface area contributed by atoms with Gasteiger partial charge in [0.25, 0.3) is 5.69 Å². The Morgan fingerprint density at radius 3 is 2.54 bits per heavy atom. The fourth-order valence-corrected chi connectivity index (χ4v) is 1.99. The summed E-state index contributed by atoms with van der Waals surface area (Å²) in [6.45, 7) is 4.77. The van der Waals surface area contributed by atoms with Gasteiger partial charge >= 0.3 is 5.97 Å². The van der Waals surface area contributed by atoms with E-state index in [0.717, 1.165) is 18.7 Å². The van der Waals surface area contributed by atoms with Gasteiger partial charge in [0.2, 0.25) is 0 Å². The molecule has 132 valence electrons. The second-order valence-corrected chi connectivity index (χ2v) is 5.42. The van der Waals surface area contributed by atoms with Gasteiger partial charge < -0.3 is 14.4 Å². The highest BCUT2D eigenvalue weighted by atomic mass is 16.6. The summed E-state index contributed by atoms with van der Waals surface area (Å²) in [5, 5.41) is 11.2. The number of carbonyl (C=O) groups is 1. The van der Waals surface area contributed by atoms with E-state index in [1.54, 1.807) is 6.92 Å². The minimum atomic E-state index is -0.785. The quantitative estimate of drug-likeness (QED) is 0.313. The van der Waals surface area contributed by atoms with Crippen molar-refractivity contribution in [3.63, 3.8) is 0 Å². The van der Waals surface area contributed by atoms with Gasteiger partial charge in [0, 0.05) is 12.3 Å². The molecule has 0 saturated carbocycles. The van der Waals surface area contributed by atoms with Gasteiger partial charge in [-0.05, 0) is 40.4 Å². The lowest BCUT2D eigenvalue weighted by Gasteiger charge is -2.12. The number of benzene rings is 1. The van der Waals surface area contributed by atoms with Crippen LogP contribution in [-0.4, -0.2) is 55.9 Å². The maximum absolute atomic E-state index is 11.8. The number of hydrogen-bond donors (Lipinski definition) is 0. The van der Waals surface area contributed by atoms with Gasteiger partial charge in [-0.15, -0.1) is 0 Å². The van der Waals surface area contributed by atoms with E-state index in [9.17, 15) is 14.9 Å². The largest absolute Gasteiger partial charge is 0.491 e. The molecule has 0 N–H and O–H groups in total. The monoisotopic (exact) mass is 337 g/mol. The van der Waals surface area contributed by atoms with Gasteiger partial charge in [-0.25, -0.2) is 4.79 Å². The van der Waals surface area contributed by atoms with E-state index >= 15 is 0 Å². The summed E-state index contributed by atoms with van der Waals surface area (Å²) in [7, 11) is 5.09. The molecule has 0 bridgehead atoms. The van der Waals surface area contributed by atoms with Crippen LogP contribution in [0.15, 0.2) is 17.1 Å². The van der Waals surface area contributed by atoms with Crippen LogP contribution >= 0.6 is 0 Å². The lowest BCUT2D eigenvalue weighted by molar-refractivity contribution is -0.385. The predicted molar refractivity (Wildman–Crippen MR) is 91.5 cm³/mol. The van der Waals surface area contributed by atoms with Crippen molar-refractivity contribution in [2.75, 3.05) is 34.4 Å². The smallest absolute Gasteiger partial charge is 0.344 e. The second kappa shape index (κ2) is 8.97. The fraction of sp³-hybridized carbons (Fsp3) is 0.500. The van der Waals surface area contributed by atoms with Crippen molar-refractivity contribution in [3.8, 4) is 5.75 Å². The maximum Gasteiger partial charge on any atom is 0.344 e. The first-order valence-electron chi connectivity index (χ1n) is 7.52. The van der Waals surface area contributed by atoms with Crippen LogP contribution in [0.5, 0.6) is 5.75 Å². The SMILES string of the molecule is CCOc1cc([N+](=O)[O-])c(C(=O)OC)cc1N=C(C)CCN(C)C. The van der Waals surface area contributed by atoms with Crippen LogP contribution < -0.4 is 4.74 Å². The third-order valence-electron chi connectivity index (χ3n) is 3.21. The summed E-state index contributed by atoms with van der Waals surface area (Å²) < 4.78 is 10.1. The molecule has 0 unspecified atom stereocenters. The summed E-state index contributed by atoms with van der Waals surface area (Å²) in [5.41, 5.74) is 0.689. The van der Waals surface area contributed by atoms with Crippen molar-refractivity contribution in [2.45, 2.75) is 20.3 Å². The van der Waals surface area contributed by atoms with Gasteiger partial charge in [0.15, 0.2) is 5.75 Å². The van der Waals surface area contributed by atoms with Gasteiger partial charge in [-0.2, -0.15) is 0 Å². The number of carbonyl (C=O) groups excluding carboxylic acids is 1. The Bertz CT molecular complexity index is 641. The second-order valence-electron chi connectivity index (χ2n) is 5.42. The zero-order chi connectivity index (χ0) is 18.3. The zero-order valence-electron chi connectivity index (χ0n) is 14.7. The Hall–Kier alpha value is -2.48. The Morgan fingerprint density at radius 2 is 2.04 bits per heavy atom. The number of aliphatic imine (C=N–C) groups is 1. The third-order valence-corrected chi connectivity index (χ3v) is 3.21. The van der Waals surface area contributed by atoms with E-state index in [2.05, 4.69) is 9.73 Å². The first-order chi connectivity index (χ1) is 11.3. The maximum atomic E-state index is 11.8. The molecule has 0 aliphatic rings. The molecule has 0 atom stereocenters. The molecule has 0 aliphatic carbocycles. The molecule has 0 amide bonds. The summed E-state index contributed by atoms with van der Waals surface area (Å²) in [6, 6.07) is 2.56. The van der Waals surface area contributed by atoms with Crippen LogP contribution in [0.3, 0.4) is 0 Å². The molecule has 1 aromatic carbocycles. The zero-order valence-corrected chi connectivity index (χ0v) is 14.7. The van der Waals surface area contributed by atoms with Gasteiger partial charge in [-0.1, -0.05) is 0 Å². The highest BCUT2D eigenvalue weighted by molar-refractivity contribution is 5.96. The van der Waals surface area contributed by atoms with Crippen molar-refractivity contribution < 1.29 is 19.2 Å². The van der Waals surface area contributed by atoms with E-state index in [1.807, 2.05) is 25.9 Å². The average molecular weight is 337 g/mol. The Kier molecular flexibility index (Phi) is 7.31. The van der Waals surface area contributed by atoms with E-state index in [1.165, 1.54) is 19.2 Å². The minimum absolute atomic E-state index is 0.148. The first-order valence-corrected chi connectivity index (χ1v) is 7.52. The topological polar surface area (TPSA) is 94.3 Å². The number of rotatable bonds is 8. The number of nitro groups is 1. The van der Waals surface area contributed by atoms with Gasteiger partial charge in [-0.3, -0.25) is 15.1 Å². The van der Waals surface area contributed by atoms with Crippen molar-refractivity contribution >= 4 is 23.1 Å². The van der Waals surface area contributed by atoms with Crippen LogP contribution in [0, 0.1) is 10.1 Å². The fourth-order valence-electron chi connectivity index (χ4n) is 1.99. The van der Waals surface area contributed by atoms with Crippen molar-refractivity contribution in [1.29, 1.82) is 0 Å². The summed E-state index contributed by atoms with van der Waals surface area (Å²) in [4.78, 5) is 28.9. The molecule has 8 nitrogen and oxygen atoms in total. The molecule has 8 heteroatoms. The number of nitrogens with zero attached hydrogens (tertiary/aromatic N) is 3. The number of nitro benzene ring substituents is 1. The molecule has 0 radical (unpaired) electrons. The summed E-state index contributed by atoms with van der Waals surface area (Å²) in [6.07, 6.45) is 0.725. The molecule has 0 spiro atoms. The Balaban J connectivity index is 3.37. The van der Waals surface area contributed by atoms with Gasteiger partial charge in [0.1, 0.15) is 11.3 Å². The minimum Gasteiger partial charge on any atom is -0.491 e. The van der Waals surface area contributed by atoms with Crippen LogP contribution in [0.2, 0.25) is 0 Å². The molecule has 1 aromatic rings. The van der Waals surface area contributed by atoms with E-state index < -0.39 is 10.9 Å². The van der Waals surface area contributed by atoms with Crippen LogP contribution in [0.4, 0.5) is 11.4 Å². The van der Waals surface area contributed by atoms with Crippen molar-refractivity contribution in [2.24, 2.45) is 4.99 Å². The normalized spacial score (nSPS) is 11.5. The molecule has 1 rings (SSSR count). The van der Waals surface area contributed by atoms with E-state index in [-0.39, 0.29) is 17.0 Å².